The molecule has 2 aromatic rings. The Balaban J connectivity index is 1.87. The molecule has 1 aliphatic rings. The molecule has 3 rings (SSSR count). The summed E-state index contributed by atoms with van der Waals surface area (Å²) in [6.07, 6.45) is 2.21. The van der Waals surface area contributed by atoms with Crippen molar-refractivity contribution in [1.82, 2.24) is 14.3 Å². The molecule has 1 saturated heterocycles. The predicted octanol–water partition coefficient (Wildman–Crippen LogP) is 1.35. The molecule has 5 nitrogen and oxygen atoms in total. The molecule has 1 amide bonds. The van der Waals surface area contributed by atoms with Gasteiger partial charge in [-0.25, -0.2) is 4.98 Å². The van der Waals surface area contributed by atoms with Gasteiger partial charge in [0.15, 0.2) is 0 Å². The summed E-state index contributed by atoms with van der Waals surface area (Å²) in [7, 11) is 0. The third-order valence-electron chi connectivity index (χ3n) is 3.81. The molecule has 20 heavy (non-hydrogen) atoms. The van der Waals surface area contributed by atoms with E-state index in [9.17, 15) is 4.79 Å². The third-order valence-corrected chi connectivity index (χ3v) is 3.81. The average molecular weight is 273 g/mol. The SMILES string of the molecule is Cc1ccc(C)n2c(CC(=O)N3CCOCC3)cnc12. The standard InChI is InChI=1S/C15H19N3O2/c1-11-3-4-12(2)18-13(10-16-15(11)18)9-14(19)17-5-7-20-8-6-17/h3-4,10H,5-9H2,1-2H3. The quantitative estimate of drug-likeness (QED) is 0.830. The van der Waals surface area contributed by atoms with Crippen LogP contribution in [0.3, 0.4) is 0 Å². The van der Waals surface area contributed by atoms with Gasteiger partial charge in [0.1, 0.15) is 5.65 Å². The van der Waals surface area contributed by atoms with E-state index >= 15 is 0 Å². The molecule has 0 aliphatic carbocycles. The number of aryl methyl sites for hydroxylation is 2. The first kappa shape index (κ1) is 13.1. The lowest BCUT2D eigenvalue weighted by molar-refractivity contribution is -0.134. The summed E-state index contributed by atoms with van der Waals surface area (Å²) in [5, 5.41) is 0. The van der Waals surface area contributed by atoms with E-state index in [1.165, 1.54) is 0 Å². The Morgan fingerprint density at radius 2 is 2.05 bits per heavy atom. The van der Waals surface area contributed by atoms with Crippen LogP contribution in [0.15, 0.2) is 18.3 Å². The number of morpholine rings is 1. The van der Waals surface area contributed by atoms with Crippen molar-refractivity contribution in [3.63, 3.8) is 0 Å². The van der Waals surface area contributed by atoms with Crippen LogP contribution in [-0.4, -0.2) is 46.5 Å². The summed E-state index contributed by atoms with van der Waals surface area (Å²) < 4.78 is 7.36. The highest BCUT2D eigenvalue weighted by atomic mass is 16.5. The number of amides is 1. The Morgan fingerprint density at radius 3 is 2.80 bits per heavy atom. The van der Waals surface area contributed by atoms with Gasteiger partial charge in [-0.05, 0) is 25.5 Å². The van der Waals surface area contributed by atoms with Crippen molar-refractivity contribution in [2.45, 2.75) is 20.3 Å². The Bertz CT molecular complexity index is 642. The number of pyridine rings is 1. The smallest absolute Gasteiger partial charge is 0.228 e. The number of carbonyl (C=O) groups is 1. The van der Waals surface area contributed by atoms with Crippen LogP contribution in [0.4, 0.5) is 0 Å². The fraction of sp³-hybridized carbons (Fsp3) is 0.467. The maximum atomic E-state index is 12.3. The van der Waals surface area contributed by atoms with Gasteiger partial charge in [-0.2, -0.15) is 0 Å². The van der Waals surface area contributed by atoms with Crippen LogP contribution in [0.25, 0.3) is 5.65 Å². The van der Waals surface area contributed by atoms with E-state index in [1.807, 2.05) is 24.9 Å². The third kappa shape index (κ3) is 2.29. The molecule has 0 aromatic carbocycles. The monoisotopic (exact) mass is 273 g/mol. The summed E-state index contributed by atoms with van der Waals surface area (Å²) >= 11 is 0. The number of imidazole rings is 1. The summed E-state index contributed by atoms with van der Waals surface area (Å²) in [6.45, 7) is 6.72. The Kier molecular flexibility index (Phi) is 3.44. The van der Waals surface area contributed by atoms with Crippen molar-refractivity contribution in [3.05, 3.63) is 35.3 Å². The minimum Gasteiger partial charge on any atom is -0.378 e. The molecule has 3 heterocycles. The van der Waals surface area contributed by atoms with Gasteiger partial charge in [0.2, 0.25) is 5.91 Å². The van der Waals surface area contributed by atoms with Crippen LogP contribution in [0.2, 0.25) is 0 Å². The summed E-state index contributed by atoms with van der Waals surface area (Å²) in [4.78, 5) is 18.6. The van der Waals surface area contributed by atoms with E-state index in [0.29, 0.717) is 32.7 Å². The normalized spacial score (nSPS) is 15.8. The average Bonchev–Trinajstić information content (AvgIpc) is 2.89. The van der Waals surface area contributed by atoms with Gasteiger partial charge in [0.05, 0.1) is 25.3 Å². The zero-order valence-corrected chi connectivity index (χ0v) is 11.9. The molecule has 0 unspecified atom stereocenters. The molecule has 1 aliphatic heterocycles. The second kappa shape index (κ2) is 5.25. The fourth-order valence-electron chi connectivity index (χ4n) is 2.66. The first-order chi connectivity index (χ1) is 9.66. The molecule has 0 atom stereocenters. The number of carbonyl (C=O) groups excluding carboxylic acids is 1. The molecule has 5 heteroatoms. The molecule has 0 radical (unpaired) electrons. The number of rotatable bonds is 2. The van der Waals surface area contributed by atoms with Gasteiger partial charge in [0.25, 0.3) is 0 Å². The number of hydrogen-bond donors (Lipinski definition) is 0. The highest BCUT2D eigenvalue weighted by molar-refractivity contribution is 5.78. The Hall–Kier alpha value is -1.88. The summed E-state index contributed by atoms with van der Waals surface area (Å²) in [6, 6.07) is 4.12. The zero-order valence-electron chi connectivity index (χ0n) is 11.9. The molecule has 0 N–H and O–H groups in total. The molecule has 106 valence electrons. The molecule has 0 saturated carbocycles. The lowest BCUT2D eigenvalue weighted by Gasteiger charge is -2.26. The van der Waals surface area contributed by atoms with Gasteiger partial charge in [-0.15, -0.1) is 0 Å². The van der Waals surface area contributed by atoms with Crippen LogP contribution in [0.5, 0.6) is 0 Å². The molecule has 2 aromatic heterocycles. The molecular formula is C15H19N3O2. The number of ether oxygens (including phenoxy) is 1. The van der Waals surface area contributed by atoms with Crippen molar-refractivity contribution >= 4 is 11.6 Å². The van der Waals surface area contributed by atoms with E-state index in [-0.39, 0.29) is 5.91 Å². The van der Waals surface area contributed by atoms with Gasteiger partial charge in [0, 0.05) is 25.0 Å². The second-order valence-corrected chi connectivity index (χ2v) is 5.24. The predicted molar refractivity (Wildman–Crippen MR) is 75.8 cm³/mol. The molecule has 0 spiro atoms. The highest BCUT2D eigenvalue weighted by Gasteiger charge is 2.19. The van der Waals surface area contributed by atoms with E-state index in [0.717, 1.165) is 22.6 Å². The minimum absolute atomic E-state index is 0.149. The fourth-order valence-corrected chi connectivity index (χ4v) is 2.66. The minimum atomic E-state index is 0.149. The van der Waals surface area contributed by atoms with Crippen molar-refractivity contribution in [2.24, 2.45) is 0 Å². The van der Waals surface area contributed by atoms with Crippen LogP contribution in [0.1, 0.15) is 17.0 Å². The summed E-state index contributed by atoms with van der Waals surface area (Å²) in [5.41, 5.74) is 4.13. The Labute approximate surface area is 118 Å². The van der Waals surface area contributed by atoms with Crippen molar-refractivity contribution < 1.29 is 9.53 Å². The van der Waals surface area contributed by atoms with E-state index < -0.39 is 0 Å². The topological polar surface area (TPSA) is 46.8 Å². The first-order valence-corrected chi connectivity index (χ1v) is 6.95. The number of nitrogens with zero attached hydrogens (tertiary/aromatic N) is 3. The lowest BCUT2D eigenvalue weighted by atomic mass is 10.2. The maximum Gasteiger partial charge on any atom is 0.228 e. The van der Waals surface area contributed by atoms with Gasteiger partial charge >= 0.3 is 0 Å². The molecule has 0 bridgehead atoms. The van der Waals surface area contributed by atoms with Gasteiger partial charge in [-0.1, -0.05) is 6.07 Å². The summed E-state index contributed by atoms with van der Waals surface area (Å²) in [5.74, 6) is 0.149. The van der Waals surface area contributed by atoms with E-state index in [4.69, 9.17) is 4.74 Å². The van der Waals surface area contributed by atoms with Crippen molar-refractivity contribution in [1.29, 1.82) is 0 Å². The second-order valence-electron chi connectivity index (χ2n) is 5.24. The van der Waals surface area contributed by atoms with E-state index in [1.54, 1.807) is 0 Å². The van der Waals surface area contributed by atoms with Crippen molar-refractivity contribution in [2.75, 3.05) is 26.3 Å². The van der Waals surface area contributed by atoms with Crippen LogP contribution in [-0.2, 0) is 16.0 Å². The zero-order chi connectivity index (χ0) is 14.1. The molecule has 1 fully saturated rings. The maximum absolute atomic E-state index is 12.3. The van der Waals surface area contributed by atoms with Crippen LogP contribution in [0, 0.1) is 13.8 Å². The van der Waals surface area contributed by atoms with Gasteiger partial charge in [-0.3, -0.25) is 4.79 Å². The van der Waals surface area contributed by atoms with Crippen molar-refractivity contribution in [3.8, 4) is 0 Å². The lowest BCUT2D eigenvalue weighted by Crippen LogP contribution is -2.41. The number of aromatic nitrogens is 2. The first-order valence-electron chi connectivity index (χ1n) is 6.95. The van der Waals surface area contributed by atoms with Crippen LogP contribution < -0.4 is 0 Å². The highest BCUT2D eigenvalue weighted by Crippen LogP contribution is 2.15. The van der Waals surface area contributed by atoms with E-state index in [2.05, 4.69) is 21.5 Å². The Morgan fingerprint density at radius 1 is 1.30 bits per heavy atom. The largest absolute Gasteiger partial charge is 0.378 e. The molecular weight excluding hydrogens is 254 g/mol. The van der Waals surface area contributed by atoms with Crippen LogP contribution >= 0.6 is 0 Å². The number of fused-ring (bicyclic) bond motifs is 1. The number of hydrogen-bond acceptors (Lipinski definition) is 3. The van der Waals surface area contributed by atoms with Gasteiger partial charge < -0.3 is 14.0 Å².